The van der Waals surface area contributed by atoms with Crippen LogP contribution in [0.4, 0.5) is 0 Å². The van der Waals surface area contributed by atoms with E-state index in [2.05, 4.69) is 26.8 Å². The summed E-state index contributed by atoms with van der Waals surface area (Å²) in [5.74, 6) is 0.242. The van der Waals surface area contributed by atoms with Crippen molar-refractivity contribution in [2.45, 2.75) is 86.2 Å². The van der Waals surface area contributed by atoms with Gasteiger partial charge in [0.05, 0.1) is 5.41 Å². The van der Waals surface area contributed by atoms with E-state index in [9.17, 15) is 9.90 Å². The zero-order valence-electron chi connectivity index (χ0n) is 17.0. The first-order chi connectivity index (χ1) is 10.7. The predicted molar refractivity (Wildman–Crippen MR) is 101 cm³/mol. The molecular formula is C21H36O3. The number of rotatable bonds is 4. The standard InChI is InChI=1S/C11H16O.C10H20O2/c1-4-11(2,3)9-6-5-7-10(12)8-9;1-7-10(5,6)8(11)12-9(2,3)4/h5-8,12H,4H2,1-3H3;7H2,1-6H3. The number of carbonyl (C=O) groups is 1. The van der Waals surface area contributed by atoms with Crippen LogP contribution >= 0.6 is 0 Å². The number of benzene rings is 1. The van der Waals surface area contributed by atoms with Crippen LogP contribution in [0.25, 0.3) is 0 Å². The summed E-state index contributed by atoms with van der Waals surface area (Å²) in [7, 11) is 0. The lowest BCUT2D eigenvalue weighted by Gasteiger charge is -2.27. The number of aromatic hydroxyl groups is 1. The minimum atomic E-state index is -0.372. The Balaban J connectivity index is 0.000000441. The number of hydrogen-bond donors (Lipinski definition) is 1. The van der Waals surface area contributed by atoms with E-state index >= 15 is 0 Å². The van der Waals surface area contributed by atoms with Crippen molar-refractivity contribution >= 4 is 5.97 Å². The van der Waals surface area contributed by atoms with Gasteiger partial charge in [0.1, 0.15) is 11.4 Å². The number of esters is 1. The fourth-order valence-corrected chi connectivity index (χ4v) is 1.69. The van der Waals surface area contributed by atoms with Gasteiger partial charge in [-0.25, -0.2) is 0 Å². The van der Waals surface area contributed by atoms with E-state index in [1.165, 1.54) is 5.56 Å². The molecule has 1 rings (SSSR count). The van der Waals surface area contributed by atoms with Crippen molar-refractivity contribution in [1.29, 1.82) is 0 Å². The molecule has 0 aliphatic heterocycles. The molecule has 24 heavy (non-hydrogen) atoms. The lowest BCUT2D eigenvalue weighted by atomic mass is 9.82. The van der Waals surface area contributed by atoms with Crippen LogP contribution in [0.3, 0.4) is 0 Å². The summed E-state index contributed by atoms with van der Waals surface area (Å²) in [6.45, 7) is 18.0. The van der Waals surface area contributed by atoms with Gasteiger partial charge in [-0.1, -0.05) is 39.8 Å². The molecule has 0 fully saturated rings. The molecule has 0 unspecified atom stereocenters. The van der Waals surface area contributed by atoms with E-state index in [0.717, 1.165) is 12.8 Å². The molecular weight excluding hydrogens is 300 g/mol. The number of phenols is 1. The molecule has 3 nitrogen and oxygen atoms in total. The maximum Gasteiger partial charge on any atom is 0.312 e. The zero-order chi connectivity index (χ0) is 19.2. The number of ether oxygens (including phenoxy) is 1. The quantitative estimate of drug-likeness (QED) is 0.702. The molecule has 0 aromatic heterocycles. The summed E-state index contributed by atoms with van der Waals surface area (Å²) in [5.41, 5.74) is 0.639. The second-order valence-electron chi connectivity index (χ2n) is 8.53. The highest BCUT2D eigenvalue weighted by atomic mass is 16.6. The maximum atomic E-state index is 11.5. The highest BCUT2D eigenvalue weighted by molar-refractivity contribution is 5.76. The summed E-state index contributed by atoms with van der Waals surface area (Å²) in [4.78, 5) is 11.5. The topological polar surface area (TPSA) is 46.5 Å². The van der Waals surface area contributed by atoms with Crippen LogP contribution in [0.15, 0.2) is 24.3 Å². The summed E-state index contributed by atoms with van der Waals surface area (Å²) < 4.78 is 5.25. The fraction of sp³-hybridized carbons (Fsp3) is 0.667. The van der Waals surface area contributed by atoms with Crippen molar-refractivity contribution in [3.05, 3.63) is 29.8 Å². The Labute approximate surface area is 148 Å². The number of phenolic OH excluding ortho intramolecular Hbond substituents is 1. The van der Waals surface area contributed by atoms with E-state index in [-0.39, 0.29) is 22.4 Å². The summed E-state index contributed by atoms with van der Waals surface area (Å²) >= 11 is 0. The Kier molecular flexibility index (Phi) is 8.01. The smallest absolute Gasteiger partial charge is 0.312 e. The van der Waals surface area contributed by atoms with Gasteiger partial charge in [-0.3, -0.25) is 4.79 Å². The van der Waals surface area contributed by atoms with Gasteiger partial charge in [0.2, 0.25) is 0 Å². The predicted octanol–water partition coefficient (Wildman–Crippen LogP) is 5.84. The molecule has 0 heterocycles. The first-order valence-corrected chi connectivity index (χ1v) is 8.78. The van der Waals surface area contributed by atoms with Gasteiger partial charge in [0, 0.05) is 0 Å². The number of hydrogen-bond acceptors (Lipinski definition) is 3. The van der Waals surface area contributed by atoms with Crippen molar-refractivity contribution in [2.24, 2.45) is 5.41 Å². The van der Waals surface area contributed by atoms with Gasteiger partial charge < -0.3 is 9.84 Å². The van der Waals surface area contributed by atoms with Gasteiger partial charge >= 0.3 is 5.97 Å². The molecule has 3 heteroatoms. The molecule has 0 saturated heterocycles. The van der Waals surface area contributed by atoms with Crippen molar-refractivity contribution < 1.29 is 14.6 Å². The molecule has 138 valence electrons. The summed E-state index contributed by atoms with van der Waals surface area (Å²) in [6, 6.07) is 7.49. The SMILES string of the molecule is CCC(C)(C)C(=O)OC(C)(C)C.CCC(C)(C)c1cccc(O)c1. The Hall–Kier alpha value is -1.51. The highest BCUT2D eigenvalue weighted by Gasteiger charge is 2.30. The van der Waals surface area contributed by atoms with Crippen molar-refractivity contribution in [1.82, 2.24) is 0 Å². The molecule has 0 atom stereocenters. The molecule has 0 bridgehead atoms. The van der Waals surface area contributed by atoms with E-state index in [1.807, 2.05) is 53.7 Å². The Morgan fingerprint density at radius 3 is 1.92 bits per heavy atom. The molecule has 0 amide bonds. The lowest BCUT2D eigenvalue weighted by Crippen LogP contribution is -2.33. The van der Waals surface area contributed by atoms with Gasteiger partial charge in [-0.2, -0.15) is 0 Å². The van der Waals surface area contributed by atoms with Crippen LogP contribution in [0.5, 0.6) is 5.75 Å². The van der Waals surface area contributed by atoms with Gasteiger partial charge in [0.15, 0.2) is 0 Å². The average Bonchev–Trinajstić information content (AvgIpc) is 2.46. The monoisotopic (exact) mass is 336 g/mol. The third kappa shape index (κ3) is 7.85. The van der Waals surface area contributed by atoms with E-state index in [1.54, 1.807) is 6.07 Å². The van der Waals surface area contributed by atoms with E-state index < -0.39 is 0 Å². The minimum Gasteiger partial charge on any atom is -0.508 e. The first kappa shape index (κ1) is 22.5. The molecule has 1 N–H and O–H groups in total. The molecule has 0 spiro atoms. The number of carbonyl (C=O) groups excluding carboxylic acids is 1. The Morgan fingerprint density at radius 2 is 1.54 bits per heavy atom. The summed E-state index contributed by atoms with van der Waals surface area (Å²) in [6.07, 6.45) is 1.89. The molecule has 1 aromatic rings. The molecule has 0 radical (unpaired) electrons. The van der Waals surface area contributed by atoms with Gasteiger partial charge in [0.25, 0.3) is 0 Å². The molecule has 0 saturated carbocycles. The van der Waals surface area contributed by atoms with E-state index in [4.69, 9.17) is 4.74 Å². The second-order valence-corrected chi connectivity index (χ2v) is 8.53. The minimum absolute atomic E-state index is 0.113. The normalized spacial score (nSPS) is 12.2. The second kappa shape index (κ2) is 8.55. The fourth-order valence-electron chi connectivity index (χ4n) is 1.69. The third-order valence-corrected chi connectivity index (χ3v) is 4.35. The van der Waals surface area contributed by atoms with Crippen LogP contribution < -0.4 is 0 Å². The van der Waals surface area contributed by atoms with Crippen molar-refractivity contribution in [3.63, 3.8) is 0 Å². The highest BCUT2D eigenvalue weighted by Crippen LogP contribution is 2.28. The van der Waals surface area contributed by atoms with Crippen LogP contribution in [-0.2, 0) is 14.9 Å². The van der Waals surface area contributed by atoms with Gasteiger partial charge in [-0.15, -0.1) is 0 Å². The Morgan fingerprint density at radius 1 is 1.00 bits per heavy atom. The lowest BCUT2D eigenvalue weighted by molar-refractivity contribution is -0.165. The zero-order valence-corrected chi connectivity index (χ0v) is 17.0. The molecule has 1 aromatic carbocycles. The van der Waals surface area contributed by atoms with Crippen molar-refractivity contribution in [2.75, 3.05) is 0 Å². The Bertz CT molecular complexity index is 522. The van der Waals surface area contributed by atoms with Crippen LogP contribution in [0.1, 0.15) is 80.7 Å². The molecule has 0 aliphatic carbocycles. The molecule has 0 aliphatic rings. The maximum absolute atomic E-state index is 11.5. The van der Waals surface area contributed by atoms with Gasteiger partial charge in [-0.05, 0) is 70.6 Å². The third-order valence-electron chi connectivity index (χ3n) is 4.35. The first-order valence-electron chi connectivity index (χ1n) is 8.78. The summed E-state index contributed by atoms with van der Waals surface area (Å²) in [5, 5.41) is 9.27. The average molecular weight is 337 g/mol. The van der Waals surface area contributed by atoms with Crippen LogP contribution in [0, 0.1) is 5.41 Å². The van der Waals surface area contributed by atoms with Crippen LogP contribution in [0.2, 0.25) is 0 Å². The van der Waals surface area contributed by atoms with Crippen LogP contribution in [-0.4, -0.2) is 16.7 Å². The van der Waals surface area contributed by atoms with Crippen molar-refractivity contribution in [3.8, 4) is 5.75 Å². The largest absolute Gasteiger partial charge is 0.508 e. The van der Waals surface area contributed by atoms with E-state index in [0.29, 0.717) is 5.75 Å².